The number of unbranched alkanes of at least 4 members (excludes halogenated alkanes) is 2. The zero-order chi connectivity index (χ0) is 13.4. The van der Waals surface area contributed by atoms with Crippen LogP contribution in [-0.4, -0.2) is 24.7 Å². The second-order valence-electron chi connectivity index (χ2n) is 3.98. The lowest BCUT2D eigenvalue weighted by atomic mass is 10.2. The molecular weight excluding hydrogens is 254 g/mol. The van der Waals surface area contributed by atoms with Crippen molar-refractivity contribution in [2.24, 2.45) is 0 Å². The van der Waals surface area contributed by atoms with E-state index in [1.165, 1.54) is 0 Å². The third-order valence-corrected chi connectivity index (χ3v) is 2.89. The minimum absolute atomic E-state index is 0.236. The Hall–Kier alpha value is -1.42. The molecule has 0 radical (unpaired) electrons. The second kappa shape index (κ2) is 7.82. The molecule has 0 bridgehead atoms. The molecule has 0 fully saturated rings. The van der Waals surface area contributed by atoms with Gasteiger partial charge in [0.1, 0.15) is 5.75 Å². The van der Waals surface area contributed by atoms with Crippen molar-refractivity contribution in [1.29, 1.82) is 0 Å². The monoisotopic (exact) mass is 271 g/mol. The Labute approximate surface area is 112 Å². The van der Waals surface area contributed by atoms with Crippen molar-refractivity contribution in [3.63, 3.8) is 0 Å². The largest absolute Gasteiger partial charge is 0.497 e. The minimum atomic E-state index is -0.737. The zero-order valence-corrected chi connectivity index (χ0v) is 11.2. The molecule has 2 N–H and O–H groups in total. The van der Waals surface area contributed by atoms with Gasteiger partial charge in [-0.15, -0.1) is 0 Å². The first-order valence-corrected chi connectivity index (χ1v) is 6.30. The van der Waals surface area contributed by atoms with Crippen LogP contribution in [0.4, 0.5) is 5.69 Å². The van der Waals surface area contributed by atoms with E-state index in [1.54, 1.807) is 19.2 Å². The van der Waals surface area contributed by atoms with Gasteiger partial charge in [-0.3, -0.25) is 4.79 Å². The van der Waals surface area contributed by atoms with Crippen molar-refractivity contribution in [2.75, 3.05) is 19.0 Å². The molecule has 0 heterocycles. The maximum absolute atomic E-state index is 10.3. The number of rotatable bonds is 8. The first-order valence-electron chi connectivity index (χ1n) is 5.92. The van der Waals surface area contributed by atoms with E-state index in [1.807, 2.05) is 6.07 Å². The zero-order valence-electron chi connectivity index (χ0n) is 10.4. The number of nitrogens with one attached hydrogen (secondary N) is 1. The molecule has 0 aliphatic rings. The summed E-state index contributed by atoms with van der Waals surface area (Å²) in [4.78, 5) is 10.3. The highest BCUT2D eigenvalue weighted by Gasteiger charge is 2.02. The van der Waals surface area contributed by atoms with Crippen LogP contribution in [0.2, 0.25) is 5.02 Å². The van der Waals surface area contributed by atoms with Gasteiger partial charge in [0.25, 0.3) is 0 Å². The quantitative estimate of drug-likeness (QED) is 0.712. The number of anilines is 1. The van der Waals surface area contributed by atoms with Crippen LogP contribution < -0.4 is 10.1 Å². The molecule has 0 aliphatic heterocycles. The lowest BCUT2D eigenvalue weighted by molar-refractivity contribution is -0.137. The smallest absolute Gasteiger partial charge is 0.303 e. The summed E-state index contributed by atoms with van der Waals surface area (Å²) in [5.41, 5.74) is 0.842. The highest BCUT2D eigenvalue weighted by atomic mass is 35.5. The second-order valence-corrected chi connectivity index (χ2v) is 4.38. The number of aliphatic carboxylic acids is 1. The summed E-state index contributed by atoms with van der Waals surface area (Å²) in [5.74, 6) is 0.0200. The molecule has 0 atom stereocenters. The maximum atomic E-state index is 10.3. The predicted octanol–water partition coefficient (Wildman–Crippen LogP) is 3.41. The van der Waals surface area contributed by atoms with Gasteiger partial charge in [-0.25, -0.2) is 0 Å². The normalized spacial score (nSPS) is 10.1. The van der Waals surface area contributed by atoms with Gasteiger partial charge < -0.3 is 15.2 Å². The summed E-state index contributed by atoms with van der Waals surface area (Å²) >= 11 is 6.04. The Balaban J connectivity index is 2.28. The van der Waals surface area contributed by atoms with Gasteiger partial charge in [-0.05, 0) is 25.0 Å². The van der Waals surface area contributed by atoms with Gasteiger partial charge in [0.05, 0.1) is 17.8 Å². The Morgan fingerprint density at radius 3 is 2.83 bits per heavy atom. The number of carboxylic acid groups (broad SMARTS) is 1. The van der Waals surface area contributed by atoms with Crippen molar-refractivity contribution < 1.29 is 14.6 Å². The average Bonchev–Trinajstić information content (AvgIpc) is 2.35. The predicted molar refractivity (Wildman–Crippen MR) is 72.6 cm³/mol. The van der Waals surface area contributed by atoms with E-state index in [9.17, 15) is 4.79 Å². The number of ether oxygens (including phenoxy) is 1. The van der Waals surface area contributed by atoms with Crippen LogP contribution in [0.5, 0.6) is 5.75 Å². The summed E-state index contributed by atoms with van der Waals surface area (Å²) in [6.45, 7) is 0.770. The fourth-order valence-corrected chi connectivity index (χ4v) is 1.75. The molecule has 0 spiro atoms. The lowest BCUT2D eigenvalue weighted by Crippen LogP contribution is -2.03. The van der Waals surface area contributed by atoms with Crippen LogP contribution in [0.1, 0.15) is 25.7 Å². The van der Waals surface area contributed by atoms with E-state index in [4.69, 9.17) is 21.4 Å². The van der Waals surface area contributed by atoms with Crippen molar-refractivity contribution in [1.82, 2.24) is 0 Å². The molecule has 4 nitrogen and oxygen atoms in total. The highest BCUT2D eigenvalue weighted by molar-refractivity contribution is 6.33. The molecule has 0 saturated carbocycles. The van der Waals surface area contributed by atoms with Crippen LogP contribution in [0.25, 0.3) is 0 Å². The van der Waals surface area contributed by atoms with Crippen LogP contribution in [-0.2, 0) is 4.79 Å². The van der Waals surface area contributed by atoms with Crippen LogP contribution in [0, 0.1) is 0 Å². The first-order chi connectivity index (χ1) is 8.63. The first kappa shape index (κ1) is 14.6. The van der Waals surface area contributed by atoms with Crippen LogP contribution in [0.3, 0.4) is 0 Å². The van der Waals surface area contributed by atoms with E-state index in [2.05, 4.69) is 5.32 Å². The molecule has 1 aromatic rings. The summed E-state index contributed by atoms with van der Waals surface area (Å²) < 4.78 is 5.12. The van der Waals surface area contributed by atoms with Crippen molar-refractivity contribution in [3.8, 4) is 5.75 Å². The molecule has 0 aromatic heterocycles. The molecule has 1 rings (SSSR count). The fraction of sp³-hybridized carbons (Fsp3) is 0.462. The average molecular weight is 272 g/mol. The molecule has 0 unspecified atom stereocenters. The van der Waals surface area contributed by atoms with E-state index in [-0.39, 0.29) is 6.42 Å². The van der Waals surface area contributed by atoms with Crippen molar-refractivity contribution in [2.45, 2.75) is 25.7 Å². The van der Waals surface area contributed by atoms with Crippen LogP contribution >= 0.6 is 11.6 Å². The summed E-state index contributed by atoms with van der Waals surface area (Å²) in [6.07, 6.45) is 2.75. The number of halogens is 1. The Bertz CT molecular complexity index is 396. The SMILES string of the molecule is COc1ccc(Cl)c(NCCCCCC(=O)O)c1. The topological polar surface area (TPSA) is 58.6 Å². The number of carboxylic acids is 1. The molecule has 0 aliphatic carbocycles. The van der Waals surface area contributed by atoms with E-state index < -0.39 is 5.97 Å². The Morgan fingerprint density at radius 1 is 1.39 bits per heavy atom. The van der Waals surface area contributed by atoms with Crippen molar-refractivity contribution >= 4 is 23.3 Å². The molecular formula is C13H18ClNO3. The number of carbonyl (C=O) groups is 1. The van der Waals surface area contributed by atoms with E-state index in [0.29, 0.717) is 11.4 Å². The fourth-order valence-electron chi connectivity index (χ4n) is 1.57. The molecule has 18 heavy (non-hydrogen) atoms. The van der Waals surface area contributed by atoms with Gasteiger partial charge in [0.2, 0.25) is 0 Å². The lowest BCUT2D eigenvalue weighted by Gasteiger charge is -2.09. The molecule has 0 saturated heterocycles. The maximum Gasteiger partial charge on any atom is 0.303 e. The third kappa shape index (κ3) is 5.27. The number of hydrogen-bond donors (Lipinski definition) is 2. The Morgan fingerprint density at radius 2 is 2.17 bits per heavy atom. The third-order valence-electron chi connectivity index (χ3n) is 2.56. The van der Waals surface area contributed by atoms with Gasteiger partial charge >= 0.3 is 5.97 Å². The summed E-state index contributed by atoms with van der Waals surface area (Å²) in [6, 6.07) is 5.44. The molecule has 5 heteroatoms. The molecule has 100 valence electrons. The highest BCUT2D eigenvalue weighted by Crippen LogP contribution is 2.26. The minimum Gasteiger partial charge on any atom is -0.497 e. The van der Waals surface area contributed by atoms with E-state index >= 15 is 0 Å². The summed E-state index contributed by atoms with van der Waals surface area (Å²) in [5, 5.41) is 12.4. The van der Waals surface area contributed by atoms with E-state index in [0.717, 1.165) is 30.8 Å². The van der Waals surface area contributed by atoms with Crippen LogP contribution in [0.15, 0.2) is 18.2 Å². The van der Waals surface area contributed by atoms with Gasteiger partial charge in [-0.2, -0.15) is 0 Å². The van der Waals surface area contributed by atoms with Gasteiger partial charge in [0.15, 0.2) is 0 Å². The number of hydrogen-bond acceptors (Lipinski definition) is 3. The Kier molecular flexibility index (Phi) is 6.36. The van der Waals surface area contributed by atoms with Gasteiger partial charge in [0, 0.05) is 19.0 Å². The number of benzene rings is 1. The standard InChI is InChI=1S/C13H18ClNO3/c1-18-10-6-7-11(14)12(9-10)15-8-4-2-3-5-13(16)17/h6-7,9,15H,2-5,8H2,1H3,(H,16,17). The summed E-state index contributed by atoms with van der Waals surface area (Å²) in [7, 11) is 1.61. The molecule has 0 amide bonds. The molecule has 1 aromatic carbocycles. The van der Waals surface area contributed by atoms with Crippen molar-refractivity contribution in [3.05, 3.63) is 23.2 Å². The van der Waals surface area contributed by atoms with Gasteiger partial charge in [-0.1, -0.05) is 18.0 Å². The number of methoxy groups -OCH3 is 1.